The number of carbonyl (C=O) groups excluding carboxylic acids is 2. The number of rotatable bonds is 5. The van der Waals surface area contributed by atoms with E-state index in [1.165, 1.54) is 6.92 Å². The van der Waals surface area contributed by atoms with Gasteiger partial charge in [0.2, 0.25) is 5.91 Å². The van der Waals surface area contributed by atoms with Gasteiger partial charge in [0.05, 0.1) is 0 Å². The predicted molar refractivity (Wildman–Crippen MR) is 64.0 cm³/mol. The van der Waals surface area contributed by atoms with Gasteiger partial charge in [0.15, 0.2) is 0 Å². The summed E-state index contributed by atoms with van der Waals surface area (Å²) in [5, 5.41) is 16.3. The molecule has 0 saturated heterocycles. The average Bonchev–Trinajstić information content (AvgIpc) is 2.97. The van der Waals surface area contributed by atoms with E-state index in [1.54, 1.807) is 0 Å². The van der Waals surface area contributed by atoms with E-state index in [0.717, 1.165) is 0 Å². The quantitative estimate of drug-likeness (QED) is 0.547. The van der Waals surface area contributed by atoms with E-state index < -0.39 is 23.6 Å². The highest BCUT2D eigenvalue weighted by molar-refractivity contribution is 5.91. The second-order valence-corrected chi connectivity index (χ2v) is 4.87. The van der Waals surface area contributed by atoms with Crippen LogP contribution in [0.2, 0.25) is 0 Å². The van der Waals surface area contributed by atoms with Gasteiger partial charge in [-0.3, -0.25) is 4.79 Å². The molecule has 0 aromatic rings. The summed E-state index contributed by atoms with van der Waals surface area (Å²) in [6.07, 6.45) is 0.838. The molecule has 1 saturated carbocycles. The van der Waals surface area contributed by atoms with Crippen LogP contribution in [0.1, 0.15) is 33.6 Å². The van der Waals surface area contributed by atoms with Crippen molar-refractivity contribution in [2.24, 2.45) is 0 Å². The molecule has 7 heteroatoms. The van der Waals surface area contributed by atoms with E-state index in [-0.39, 0.29) is 11.9 Å². The average molecular weight is 257 g/mol. The molecule has 0 bridgehead atoms. The Bertz CT molecular complexity index is 363. The Morgan fingerprint density at radius 1 is 1.11 bits per heavy atom. The van der Waals surface area contributed by atoms with Gasteiger partial charge in [0.25, 0.3) is 0 Å². The van der Waals surface area contributed by atoms with E-state index in [1.807, 2.05) is 13.8 Å². The number of nitrogens with one attached hydrogen (secondary N) is 3. The van der Waals surface area contributed by atoms with Crippen molar-refractivity contribution < 1.29 is 19.5 Å². The normalized spacial score (nSPS) is 17.8. The second kappa shape index (κ2) is 5.24. The summed E-state index contributed by atoms with van der Waals surface area (Å²) >= 11 is 0. The zero-order valence-corrected chi connectivity index (χ0v) is 10.7. The maximum Gasteiger partial charge on any atom is 0.329 e. The van der Waals surface area contributed by atoms with Crippen molar-refractivity contribution >= 4 is 17.9 Å². The lowest BCUT2D eigenvalue weighted by Gasteiger charge is -2.18. The highest BCUT2D eigenvalue weighted by Gasteiger charge is 2.51. The van der Waals surface area contributed by atoms with E-state index in [9.17, 15) is 14.4 Å². The number of hydrogen-bond donors (Lipinski definition) is 4. The van der Waals surface area contributed by atoms with Gasteiger partial charge in [-0.25, -0.2) is 9.59 Å². The lowest BCUT2D eigenvalue weighted by molar-refractivity contribution is -0.140. The molecule has 102 valence electrons. The SMILES string of the molecule is CC(C)NC(=O)C(C)NC(=O)NC1(C(=O)O)CC1. The Hall–Kier alpha value is -1.79. The minimum atomic E-state index is -1.14. The monoisotopic (exact) mass is 257 g/mol. The van der Waals surface area contributed by atoms with Crippen LogP contribution in [0.25, 0.3) is 0 Å². The molecule has 0 aliphatic heterocycles. The fourth-order valence-corrected chi connectivity index (χ4v) is 1.44. The highest BCUT2D eigenvalue weighted by Crippen LogP contribution is 2.35. The first kappa shape index (κ1) is 14.3. The molecule has 3 amide bonds. The topological polar surface area (TPSA) is 108 Å². The molecule has 0 heterocycles. The number of carboxylic acid groups (broad SMARTS) is 1. The van der Waals surface area contributed by atoms with Crippen molar-refractivity contribution in [2.45, 2.75) is 51.2 Å². The number of urea groups is 1. The Balaban J connectivity index is 2.41. The van der Waals surface area contributed by atoms with Crippen LogP contribution in [0.4, 0.5) is 4.79 Å². The number of carbonyl (C=O) groups is 3. The molecule has 1 aliphatic rings. The van der Waals surface area contributed by atoms with Gasteiger partial charge >= 0.3 is 12.0 Å². The second-order valence-electron chi connectivity index (χ2n) is 4.87. The van der Waals surface area contributed by atoms with E-state index in [2.05, 4.69) is 16.0 Å². The summed E-state index contributed by atoms with van der Waals surface area (Å²) in [6.45, 7) is 5.17. The number of aliphatic carboxylic acids is 1. The first-order chi connectivity index (χ1) is 8.27. The van der Waals surface area contributed by atoms with Gasteiger partial charge in [0.1, 0.15) is 11.6 Å². The molecule has 0 radical (unpaired) electrons. The van der Waals surface area contributed by atoms with Crippen LogP contribution in [-0.4, -0.2) is 40.6 Å². The van der Waals surface area contributed by atoms with Crippen LogP contribution in [0, 0.1) is 0 Å². The van der Waals surface area contributed by atoms with Crippen molar-refractivity contribution in [1.82, 2.24) is 16.0 Å². The molecule has 7 nitrogen and oxygen atoms in total. The summed E-state index contributed by atoms with van der Waals surface area (Å²) < 4.78 is 0. The Morgan fingerprint density at radius 2 is 1.67 bits per heavy atom. The standard InChI is InChI=1S/C11H19N3O4/c1-6(2)12-8(15)7(3)13-10(18)14-11(4-5-11)9(16)17/h6-7H,4-5H2,1-3H3,(H,12,15)(H,16,17)(H2,13,14,18). The van der Waals surface area contributed by atoms with Crippen LogP contribution in [0.15, 0.2) is 0 Å². The fraction of sp³-hybridized carbons (Fsp3) is 0.727. The van der Waals surface area contributed by atoms with Crippen molar-refractivity contribution in [1.29, 1.82) is 0 Å². The molecule has 4 N–H and O–H groups in total. The molecule has 1 rings (SSSR count). The van der Waals surface area contributed by atoms with Crippen LogP contribution in [0.5, 0.6) is 0 Å². The smallest absolute Gasteiger partial charge is 0.329 e. The van der Waals surface area contributed by atoms with E-state index >= 15 is 0 Å². The highest BCUT2D eigenvalue weighted by atomic mass is 16.4. The lowest BCUT2D eigenvalue weighted by Crippen LogP contribution is -2.54. The zero-order valence-electron chi connectivity index (χ0n) is 10.7. The van der Waals surface area contributed by atoms with Crippen molar-refractivity contribution in [3.05, 3.63) is 0 Å². The lowest BCUT2D eigenvalue weighted by atomic mass is 10.2. The first-order valence-corrected chi connectivity index (χ1v) is 5.89. The molecule has 0 aromatic heterocycles. The molecule has 1 aliphatic carbocycles. The first-order valence-electron chi connectivity index (χ1n) is 5.89. The summed E-state index contributed by atoms with van der Waals surface area (Å²) in [5.74, 6) is -1.35. The maximum atomic E-state index is 11.5. The third-order valence-corrected chi connectivity index (χ3v) is 2.68. The van der Waals surface area contributed by atoms with Gasteiger partial charge in [-0.15, -0.1) is 0 Å². The fourth-order valence-electron chi connectivity index (χ4n) is 1.44. The minimum absolute atomic E-state index is 0.0152. The minimum Gasteiger partial charge on any atom is -0.480 e. The largest absolute Gasteiger partial charge is 0.480 e. The third kappa shape index (κ3) is 3.61. The van der Waals surface area contributed by atoms with E-state index in [0.29, 0.717) is 12.8 Å². The number of amides is 3. The van der Waals surface area contributed by atoms with Gasteiger partial charge in [-0.05, 0) is 33.6 Å². The Morgan fingerprint density at radius 3 is 2.06 bits per heavy atom. The molecule has 1 atom stereocenters. The van der Waals surface area contributed by atoms with Crippen LogP contribution < -0.4 is 16.0 Å². The van der Waals surface area contributed by atoms with E-state index in [4.69, 9.17) is 5.11 Å². The van der Waals surface area contributed by atoms with Gasteiger partial charge in [-0.1, -0.05) is 0 Å². The van der Waals surface area contributed by atoms with Crippen molar-refractivity contribution in [3.8, 4) is 0 Å². The third-order valence-electron chi connectivity index (χ3n) is 2.68. The van der Waals surface area contributed by atoms with Crippen LogP contribution in [0.3, 0.4) is 0 Å². The Kier molecular flexibility index (Phi) is 4.15. The molecular formula is C11H19N3O4. The van der Waals surface area contributed by atoms with Crippen LogP contribution in [-0.2, 0) is 9.59 Å². The maximum absolute atomic E-state index is 11.5. The van der Waals surface area contributed by atoms with Gasteiger partial charge in [0, 0.05) is 6.04 Å². The zero-order chi connectivity index (χ0) is 13.9. The summed E-state index contributed by atoms with van der Waals surface area (Å²) in [4.78, 5) is 33.9. The van der Waals surface area contributed by atoms with Gasteiger partial charge in [-0.2, -0.15) is 0 Å². The number of carboxylic acids is 1. The molecule has 0 aromatic carbocycles. The van der Waals surface area contributed by atoms with Crippen LogP contribution >= 0.6 is 0 Å². The Labute approximate surface area is 105 Å². The molecule has 1 fully saturated rings. The number of hydrogen-bond acceptors (Lipinski definition) is 3. The summed E-state index contributed by atoms with van der Waals surface area (Å²) in [5.41, 5.74) is -1.14. The van der Waals surface area contributed by atoms with Crippen molar-refractivity contribution in [2.75, 3.05) is 0 Å². The molecule has 1 unspecified atom stereocenters. The van der Waals surface area contributed by atoms with Crippen molar-refractivity contribution in [3.63, 3.8) is 0 Å². The summed E-state index contributed by atoms with van der Waals surface area (Å²) in [6, 6.07) is -1.36. The van der Waals surface area contributed by atoms with Gasteiger partial charge < -0.3 is 21.1 Å². The predicted octanol–water partition coefficient (Wildman–Crippen LogP) is -0.184. The molecule has 0 spiro atoms. The molecular weight excluding hydrogens is 238 g/mol. The molecule has 18 heavy (non-hydrogen) atoms. The summed E-state index contributed by atoms with van der Waals surface area (Å²) in [7, 11) is 0.